The number of aromatic amines is 1. The third kappa shape index (κ3) is 4.13. The van der Waals surface area contributed by atoms with Gasteiger partial charge in [0.2, 0.25) is 0 Å². The maximum atomic E-state index is 13.9. The third-order valence-electron chi connectivity index (χ3n) is 5.02. The molecule has 0 aliphatic carbocycles. The minimum Gasteiger partial charge on any atom is -0.445 e. The minimum atomic E-state index is -0.972. The summed E-state index contributed by atoms with van der Waals surface area (Å²) in [5.74, 6) is -2.33. The molecular weight excluding hydrogens is 396 g/mol. The summed E-state index contributed by atoms with van der Waals surface area (Å²) in [5.41, 5.74) is 0.198. The van der Waals surface area contributed by atoms with Crippen molar-refractivity contribution in [2.45, 2.75) is 39.0 Å². The smallest absolute Gasteiger partial charge is 0.411 e. The molecular formula is C20H25F2N5O3. The van der Waals surface area contributed by atoms with E-state index in [0.29, 0.717) is 23.9 Å². The van der Waals surface area contributed by atoms with Crippen molar-refractivity contribution < 1.29 is 23.1 Å². The first kappa shape index (κ1) is 21.7. The van der Waals surface area contributed by atoms with E-state index in [9.17, 15) is 18.4 Å². The first-order valence-electron chi connectivity index (χ1n) is 9.47. The third-order valence-corrected chi connectivity index (χ3v) is 5.02. The Morgan fingerprint density at radius 1 is 1.37 bits per heavy atom. The standard InChI is InChI=1S/C20H25F2N5O3/c1-11(9-26(4)5)30-19(29)27-10-14-16(20(27,2)3)24-25-17(14)23-18(28)13-7-6-12(21)8-15(13)22/h6-8,11H,9-10H2,1-5H3,(H2,23,24,25,28). The summed E-state index contributed by atoms with van der Waals surface area (Å²) in [6, 6.07) is 2.70. The fourth-order valence-electron chi connectivity index (χ4n) is 3.55. The lowest BCUT2D eigenvalue weighted by atomic mass is 10.0. The van der Waals surface area contributed by atoms with E-state index in [0.717, 1.165) is 12.1 Å². The van der Waals surface area contributed by atoms with Crippen LogP contribution in [0.3, 0.4) is 0 Å². The Kier molecular flexibility index (Phi) is 5.80. The van der Waals surface area contributed by atoms with Gasteiger partial charge in [-0.1, -0.05) is 0 Å². The molecule has 1 atom stereocenters. The molecule has 8 nitrogen and oxygen atoms in total. The van der Waals surface area contributed by atoms with E-state index in [-0.39, 0.29) is 24.0 Å². The zero-order chi connectivity index (χ0) is 22.2. The molecule has 30 heavy (non-hydrogen) atoms. The predicted molar refractivity (Wildman–Crippen MR) is 106 cm³/mol. The van der Waals surface area contributed by atoms with Gasteiger partial charge in [0.05, 0.1) is 23.3 Å². The van der Waals surface area contributed by atoms with Gasteiger partial charge in [-0.15, -0.1) is 0 Å². The Labute approximate surface area is 173 Å². The van der Waals surface area contributed by atoms with Gasteiger partial charge in [-0.3, -0.25) is 14.8 Å². The summed E-state index contributed by atoms with van der Waals surface area (Å²) in [7, 11) is 3.78. The van der Waals surface area contributed by atoms with Gasteiger partial charge in [-0.05, 0) is 47.0 Å². The number of ether oxygens (including phenoxy) is 1. The number of carbonyl (C=O) groups excluding carboxylic acids is 2. The summed E-state index contributed by atoms with van der Waals surface area (Å²) in [6.45, 7) is 6.22. The zero-order valence-corrected chi connectivity index (χ0v) is 17.5. The van der Waals surface area contributed by atoms with Gasteiger partial charge in [0.15, 0.2) is 5.82 Å². The molecule has 1 aromatic carbocycles. The second-order valence-corrected chi connectivity index (χ2v) is 8.11. The van der Waals surface area contributed by atoms with Crippen LogP contribution in [0.1, 0.15) is 42.4 Å². The number of likely N-dealkylation sites (N-methyl/N-ethyl adjacent to an activating group) is 1. The van der Waals surface area contributed by atoms with Crippen LogP contribution in [0.5, 0.6) is 0 Å². The molecule has 3 rings (SSSR count). The molecule has 2 heterocycles. The largest absolute Gasteiger partial charge is 0.445 e. The summed E-state index contributed by atoms with van der Waals surface area (Å²) in [5, 5.41) is 9.49. The molecule has 0 fully saturated rings. The maximum Gasteiger partial charge on any atom is 0.411 e. The van der Waals surface area contributed by atoms with E-state index in [2.05, 4.69) is 15.5 Å². The Morgan fingerprint density at radius 2 is 2.07 bits per heavy atom. The Bertz CT molecular complexity index is 973. The van der Waals surface area contributed by atoms with Crippen molar-refractivity contribution in [3.05, 3.63) is 46.7 Å². The average Bonchev–Trinajstić information content (AvgIpc) is 3.12. The van der Waals surface area contributed by atoms with E-state index in [4.69, 9.17) is 4.74 Å². The maximum absolute atomic E-state index is 13.9. The molecule has 2 amide bonds. The fraction of sp³-hybridized carbons (Fsp3) is 0.450. The van der Waals surface area contributed by atoms with E-state index in [1.807, 2.05) is 39.8 Å². The van der Waals surface area contributed by atoms with Crippen molar-refractivity contribution in [1.82, 2.24) is 20.0 Å². The lowest BCUT2D eigenvalue weighted by Gasteiger charge is -2.32. The predicted octanol–water partition coefficient (Wildman–Crippen LogP) is 3.08. The Hall–Kier alpha value is -3.01. The highest BCUT2D eigenvalue weighted by Gasteiger charge is 2.45. The molecule has 1 aromatic heterocycles. The number of anilines is 1. The van der Waals surface area contributed by atoms with Crippen LogP contribution in [0.25, 0.3) is 0 Å². The molecule has 0 radical (unpaired) electrons. The second-order valence-electron chi connectivity index (χ2n) is 8.11. The highest BCUT2D eigenvalue weighted by Crippen LogP contribution is 2.41. The average molecular weight is 421 g/mol. The van der Waals surface area contributed by atoms with Gasteiger partial charge in [0.25, 0.3) is 5.91 Å². The van der Waals surface area contributed by atoms with Crippen LogP contribution in [0.15, 0.2) is 18.2 Å². The van der Waals surface area contributed by atoms with Gasteiger partial charge < -0.3 is 15.0 Å². The Balaban J connectivity index is 1.77. The SMILES string of the molecule is CC(CN(C)C)OC(=O)N1Cc2c(NC(=O)c3ccc(F)cc3F)n[nH]c2C1(C)C. The lowest BCUT2D eigenvalue weighted by Crippen LogP contribution is -2.43. The van der Waals surface area contributed by atoms with Crippen molar-refractivity contribution in [2.75, 3.05) is 26.0 Å². The van der Waals surface area contributed by atoms with Crippen LogP contribution in [0.2, 0.25) is 0 Å². The number of amides is 2. The highest BCUT2D eigenvalue weighted by molar-refractivity contribution is 6.04. The summed E-state index contributed by atoms with van der Waals surface area (Å²) in [4.78, 5) is 28.6. The number of carbonyl (C=O) groups is 2. The number of H-pyrrole nitrogens is 1. The summed E-state index contributed by atoms with van der Waals surface area (Å²) in [6.07, 6.45) is -0.790. The number of hydrogen-bond acceptors (Lipinski definition) is 5. The van der Waals surface area contributed by atoms with E-state index >= 15 is 0 Å². The molecule has 1 unspecified atom stereocenters. The van der Waals surface area contributed by atoms with Crippen molar-refractivity contribution in [1.29, 1.82) is 0 Å². The summed E-state index contributed by atoms with van der Waals surface area (Å²) < 4.78 is 32.5. The quantitative estimate of drug-likeness (QED) is 0.774. The van der Waals surface area contributed by atoms with Crippen LogP contribution in [0, 0.1) is 11.6 Å². The first-order valence-corrected chi connectivity index (χ1v) is 9.47. The lowest BCUT2D eigenvalue weighted by molar-refractivity contribution is 0.0330. The van der Waals surface area contributed by atoms with E-state index in [1.54, 1.807) is 0 Å². The van der Waals surface area contributed by atoms with Crippen LogP contribution < -0.4 is 5.32 Å². The van der Waals surface area contributed by atoms with Crippen LogP contribution >= 0.6 is 0 Å². The Morgan fingerprint density at radius 3 is 2.70 bits per heavy atom. The molecule has 0 spiro atoms. The van der Waals surface area contributed by atoms with E-state index < -0.39 is 29.2 Å². The zero-order valence-electron chi connectivity index (χ0n) is 17.5. The molecule has 2 N–H and O–H groups in total. The molecule has 0 saturated carbocycles. The number of nitrogens with one attached hydrogen (secondary N) is 2. The van der Waals surface area contributed by atoms with Gasteiger partial charge in [0, 0.05) is 18.2 Å². The molecule has 0 bridgehead atoms. The monoisotopic (exact) mass is 421 g/mol. The van der Waals surface area contributed by atoms with Crippen LogP contribution in [-0.2, 0) is 16.8 Å². The van der Waals surface area contributed by atoms with E-state index in [1.165, 1.54) is 4.90 Å². The van der Waals surface area contributed by atoms with Crippen molar-refractivity contribution in [2.24, 2.45) is 0 Å². The fourth-order valence-corrected chi connectivity index (χ4v) is 3.55. The number of nitrogens with zero attached hydrogens (tertiary/aromatic N) is 3. The van der Waals surface area contributed by atoms with Crippen LogP contribution in [0.4, 0.5) is 19.4 Å². The molecule has 1 aliphatic heterocycles. The second kappa shape index (κ2) is 8.02. The van der Waals surface area contributed by atoms with Crippen LogP contribution in [-0.4, -0.2) is 58.7 Å². The normalized spacial score (nSPS) is 15.8. The topological polar surface area (TPSA) is 90.6 Å². The molecule has 1 aliphatic rings. The number of hydrogen-bond donors (Lipinski definition) is 2. The van der Waals surface area contributed by atoms with Crippen molar-refractivity contribution in [3.63, 3.8) is 0 Å². The number of benzene rings is 1. The van der Waals surface area contributed by atoms with Gasteiger partial charge in [-0.2, -0.15) is 5.10 Å². The van der Waals surface area contributed by atoms with Crippen molar-refractivity contribution in [3.8, 4) is 0 Å². The first-order chi connectivity index (χ1) is 14.0. The van der Waals surface area contributed by atoms with Crippen molar-refractivity contribution >= 4 is 17.8 Å². The highest BCUT2D eigenvalue weighted by atomic mass is 19.1. The number of aromatic nitrogens is 2. The molecule has 0 saturated heterocycles. The molecule has 2 aromatic rings. The molecule has 10 heteroatoms. The minimum absolute atomic E-state index is 0.161. The molecule has 162 valence electrons. The van der Waals surface area contributed by atoms with Gasteiger partial charge in [0.1, 0.15) is 17.7 Å². The number of rotatable bonds is 5. The van der Waals surface area contributed by atoms with Gasteiger partial charge >= 0.3 is 6.09 Å². The number of fused-ring (bicyclic) bond motifs is 1. The summed E-state index contributed by atoms with van der Waals surface area (Å²) >= 11 is 0. The van der Waals surface area contributed by atoms with Gasteiger partial charge in [-0.25, -0.2) is 13.6 Å². The number of halogens is 2.